The number of fused-ring (bicyclic) bond motifs is 2. The van der Waals surface area contributed by atoms with Gasteiger partial charge < -0.3 is 32.9 Å². The molecule has 2 N–H and O–H groups in total. The summed E-state index contributed by atoms with van der Waals surface area (Å²) in [5.41, 5.74) is 4.53. The Bertz CT molecular complexity index is 2280. The van der Waals surface area contributed by atoms with Gasteiger partial charge in [0.25, 0.3) is 0 Å². The summed E-state index contributed by atoms with van der Waals surface area (Å²) in [5, 5.41) is 23.8. The fourth-order valence-electron chi connectivity index (χ4n) is 6.61. The van der Waals surface area contributed by atoms with Gasteiger partial charge in [-0.3, -0.25) is 4.90 Å². The molecule has 0 aliphatic heterocycles. The van der Waals surface area contributed by atoms with E-state index in [0.29, 0.717) is 46.1 Å². The molecule has 0 bridgehead atoms. The van der Waals surface area contributed by atoms with Crippen molar-refractivity contribution >= 4 is 21.9 Å². The molecule has 7 rings (SSSR count). The summed E-state index contributed by atoms with van der Waals surface area (Å²) in [6.45, 7) is 4.15. The first-order valence-corrected chi connectivity index (χ1v) is 17.4. The lowest BCUT2D eigenvalue weighted by atomic mass is 10.0. The largest absolute Gasteiger partial charge is 0.490 e. The summed E-state index contributed by atoms with van der Waals surface area (Å²) in [5.74, 6) is 1.62. The SMILES string of the molecule is Cc1c(OCC(O)CN(Cc2ccco2)CC(O)COc2ccc3c(-c4ccccc4)cc(=O)oc3c2C)ccc2c(-c3ccccc3)cc(=O)oc12. The minimum absolute atomic E-state index is 0.0529. The standard InChI is InChI=1S/C43H39NO9/c1-27-38(17-15-34-36(20-40(47)52-42(27)34)29-10-5-3-6-11-29)50-25-31(45)22-44(24-33-14-9-19-49-33)23-32(46)26-51-39-18-16-35-37(30-12-7-4-8-13-30)21-41(48)53-43(35)28(39)2/h3-21,31-32,45-46H,22-26H2,1-2H3. The van der Waals surface area contributed by atoms with E-state index in [1.807, 2.05) is 97.6 Å². The van der Waals surface area contributed by atoms with Crippen LogP contribution in [0.1, 0.15) is 16.9 Å². The Kier molecular flexibility index (Phi) is 10.5. The Morgan fingerprint density at radius 1 is 0.623 bits per heavy atom. The van der Waals surface area contributed by atoms with E-state index in [1.54, 1.807) is 24.5 Å². The Hall–Kier alpha value is -5.94. The third kappa shape index (κ3) is 8.10. The van der Waals surface area contributed by atoms with Crippen LogP contribution in [-0.4, -0.2) is 53.6 Å². The summed E-state index contributed by atoms with van der Waals surface area (Å²) < 4.78 is 28.9. The molecule has 0 amide bonds. The maximum Gasteiger partial charge on any atom is 0.336 e. The van der Waals surface area contributed by atoms with E-state index in [2.05, 4.69) is 0 Å². The van der Waals surface area contributed by atoms with Gasteiger partial charge in [0.15, 0.2) is 0 Å². The first-order chi connectivity index (χ1) is 25.7. The van der Waals surface area contributed by atoms with Crippen LogP contribution in [0.25, 0.3) is 44.2 Å². The quantitative estimate of drug-likeness (QED) is 0.112. The van der Waals surface area contributed by atoms with E-state index < -0.39 is 23.5 Å². The summed E-state index contributed by atoms with van der Waals surface area (Å²) >= 11 is 0. The zero-order chi connectivity index (χ0) is 36.9. The topological polar surface area (TPSA) is 136 Å². The second kappa shape index (κ2) is 15.7. The number of ether oxygens (including phenoxy) is 2. The number of benzene rings is 4. The maximum absolute atomic E-state index is 12.5. The average molecular weight is 714 g/mol. The predicted molar refractivity (Wildman–Crippen MR) is 202 cm³/mol. The van der Waals surface area contributed by atoms with Gasteiger partial charge in [-0.05, 0) is 72.5 Å². The summed E-state index contributed by atoms with van der Waals surface area (Å²) in [6, 6.07) is 33.1. The molecule has 0 saturated carbocycles. The maximum atomic E-state index is 12.5. The van der Waals surface area contributed by atoms with Crippen molar-refractivity contribution in [2.75, 3.05) is 26.3 Å². The molecule has 0 aliphatic rings. The lowest BCUT2D eigenvalue weighted by molar-refractivity contribution is 0.0258. The van der Waals surface area contributed by atoms with E-state index >= 15 is 0 Å². The zero-order valence-electron chi connectivity index (χ0n) is 29.4. The van der Waals surface area contributed by atoms with Gasteiger partial charge in [0, 0.05) is 47.1 Å². The van der Waals surface area contributed by atoms with Gasteiger partial charge in [-0.15, -0.1) is 0 Å². The average Bonchev–Trinajstić information content (AvgIpc) is 3.68. The number of aryl methyl sites for hydroxylation is 2. The number of nitrogens with zero attached hydrogens (tertiary/aromatic N) is 1. The number of aliphatic hydroxyl groups excluding tert-OH is 2. The molecule has 0 radical (unpaired) electrons. The van der Waals surface area contributed by atoms with Gasteiger partial charge in [0.1, 0.15) is 53.8 Å². The molecule has 10 nitrogen and oxygen atoms in total. The van der Waals surface area contributed by atoms with Gasteiger partial charge in [-0.1, -0.05) is 60.7 Å². The number of furan rings is 1. The van der Waals surface area contributed by atoms with Crippen LogP contribution >= 0.6 is 0 Å². The van der Waals surface area contributed by atoms with E-state index in [9.17, 15) is 19.8 Å². The molecule has 4 aromatic carbocycles. The van der Waals surface area contributed by atoms with Gasteiger partial charge in [0.05, 0.1) is 12.8 Å². The van der Waals surface area contributed by atoms with E-state index in [-0.39, 0.29) is 26.3 Å². The van der Waals surface area contributed by atoms with Crippen LogP contribution in [0.15, 0.2) is 138 Å². The van der Waals surface area contributed by atoms with Crippen molar-refractivity contribution in [2.24, 2.45) is 0 Å². The van der Waals surface area contributed by atoms with Crippen molar-refractivity contribution in [2.45, 2.75) is 32.6 Å². The van der Waals surface area contributed by atoms with Crippen LogP contribution in [0.4, 0.5) is 0 Å². The van der Waals surface area contributed by atoms with Crippen LogP contribution in [0.3, 0.4) is 0 Å². The molecule has 3 heterocycles. The Morgan fingerprint density at radius 2 is 1.09 bits per heavy atom. The molecule has 3 aromatic heterocycles. The molecule has 10 heteroatoms. The third-order valence-electron chi connectivity index (χ3n) is 9.15. The molecule has 0 spiro atoms. The molecule has 53 heavy (non-hydrogen) atoms. The molecule has 0 saturated heterocycles. The molecule has 2 unspecified atom stereocenters. The highest BCUT2D eigenvalue weighted by Crippen LogP contribution is 2.34. The van der Waals surface area contributed by atoms with Crippen molar-refractivity contribution in [3.8, 4) is 33.8 Å². The van der Waals surface area contributed by atoms with Crippen molar-refractivity contribution < 1.29 is 32.9 Å². The lowest BCUT2D eigenvalue weighted by Gasteiger charge is -2.27. The first kappa shape index (κ1) is 35.5. The van der Waals surface area contributed by atoms with E-state index in [4.69, 9.17) is 22.7 Å². The third-order valence-corrected chi connectivity index (χ3v) is 9.15. The lowest BCUT2D eigenvalue weighted by Crippen LogP contribution is -2.41. The van der Waals surface area contributed by atoms with Gasteiger partial charge in [-0.2, -0.15) is 0 Å². The van der Waals surface area contributed by atoms with Crippen molar-refractivity contribution in [3.63, 3.8) is 0 Å². The molecule has 0 fully saturated rings. The van der Waals surface area contributed by atoms with Crippen molar-refractivity contribution in [3.05, 3.63) is 153 Å². The van der Waals surface area contributed by atoms with Crippen LogP contribution in [0.2, 0.25) is 0 Å². The zero-order valence-corrected chi connectivity index (χ0v) is 29.4. The number of rotatable bonds is 14. The first-order valence-electron chi connectivity index (χ1n) is 17.4. The Morgan fingerprint density at radius 3 is 1.53 bits per heavy atom. The minimum atomic E-state index is -0.944. The van der Waals surface area contributed by atoms with E-state index in [0.717, 1.165) is 33.0 Å². The van der Waals surface area contributed by atoms with Gasteiger partial charge in [0.2, 0.25) is 0 Å². The van der Waals surface area contributed by atoms with Crippen molar-refractivity contribution in [1.82, 2.24) is 4.90 Å². The van der Waals surface area contributed by atoms with Gasteiger partial charge >= 0.3 is 11.3 Å². The molecule has 7 aromatic rings. The van der Waals surface area contributed by atoms with Gasteiger partial charge in [-0.25, -0.2) is 9.59 Å². The monoisotopic (exact) mass is 713 g/mol. The van der Waals surface area contributed by atoms with Crippen LogP contribution in [0.5, 0.6) is 11.5 Å². The fraction of sp³-hybridized carbons (Fsp3) is 0.209. The molecule has 0 aliphatic carbocycles. The van der Waals surface area contributed by atoms with Crippen LogP contribution < -0.4 is 20.7 Å². The Balaban J connectivity index is 1.02. The highest BCUT2D eigenvalue weighted by molar-refractivity contribution is 5.96. The molecular formula is C43H39NO9. The minimum Gasteiger partial charge on any atom is -0.490 e. The molecule has 2 atom stereocenters. The van der Waals surface area contributed by atoms with E-state index in [1.165, 1.54) is 12.1 Å². The molecular weight excluding hydrogens is 674 g/mol. The Labute approximate surface area is 305 Å². The van der Waals surface area contributed by atoms with Crippen molar-refractivity contribution in [1.29, 1.82) is 0 Å². The van der Waals surface area contributed by atoms with Crippen LogP contribution in [0, 0.1) is 13.8 Å². The summed E-state index contributed by atoms with van der Waals surface area (Å²) in [6.07, 6.45) is -0.318. The normalized spacial score (nSPS) is 12.7. The second-order valence-electron chi connectivity index (χ2n) is 13.0. The summed E-state index contributed by atoms with van der Waals surface area (Å²) in [4.78, 5) is 26.9. The highest BCUT2D eigenvalue weighted by atomic mass is 16.5. The summed E-state index contributed by atoms with van der Waals surface area (Å²) in [7, 11) is 0. The fourth-order valence-corrected chi connectivity index (χ4v) is 6.61. The predicted octanol–water partition coefficient (Wildman–Crippen LogP) is 7.13. The number of hydrogen-bond donors (Lipinski definition) is 2. The van der Waals surface area contributed by atoms with Crippen LogP contribution in [-0.2, 0) is 6.54 Å². The second-order valence-corrected chi connectivity index (χ2v) is 13.0. The highest BCUT2D eigenvalue weighted by Gasteiger charge is 2.21. The smallest absolute Gasteiger partial charge is 0.336 e. The number of aliphatic hydroxyl groups is 2. The number of hydrogen-bond acceptors (Lipinski definition) is 10. The molecule has 270 valence electrons.